The molecule has 156 valence electrons. The van der Waals surface area contributed by atoms with Gasteiger partial charge in [0.15, 0.2) is 6.29 Å². The largest absolute Gasteiger partial charge is 0.496 e. The Morgan fingerprint density at radius 2 is 1.72 bits per heavy atom. The highest BCUT2D eigenvalue weighted by Crippen LogP contribution is 2.42. The van der Waals surface area contributed by atoms with Gasteiger partial charge in [-0.15, -0.1) is 0 Å². The Morgan fingerprint density at radius 1 is 1.07 bits per heavy atom. The predicted molar refractivity (Wildman–Crippen MR) is 112 cm³/mol. The monoisotopic (exact) mass is 400 g/mol. The van der Waals surface area contributed by atoms with Crippen molar-refractivity contribution in [3.63, 3.8) is 0 Å². The summed E-state index contributed by atoms with van der Waals surface area (Å²) in [6.07, 6.45) is 4.02. The maximum Gasteiger partial charge on any atom is 0.303 e. The van der Waals surface area contributed by atoms with Crippen molar-refractivity contribution in [3.8, 4) is 5.75 Å². The summed E-state index contributed by atoms with van der Waals surface area (Å²) in [5.74, 6) is -0.410. The van der Waals surface area contributed by atoms with Crippen LogP contribution in [0.2, 0.25) is 0 Å². The number of aldehydes is 1. The molecule has 0 bridgehead atoms. The second kappa shape index (κ2) is 10.2. The molecule has 0 aliphatic heterocycles. The molecule has 0 aliphatic rings. The number of carbonyl (C=O) groups excluding carboxylic acids is 1. The van der Waals surface area contributed by atoms with Gasteiger partial charge in [0.2, 0.25) is 0 Å². The first-order valence-electron chi connectivity index (χ1n) is 9.91. The van der Waals surface area contributed by atoms with Gasteiger partial charge in [0.25, 0.3) is 0 Å². The van der Waals surface area contributed by atoms with E-state index < -0.39 is 5.97 Å². The van der Waals surface area contributed by atoms with Crippen molar-refractivity contribution in [2.24, 2.45) is 0 Å². The fourth-order valence-electron chi connectivity index (χ4n) is 4.00. The third-order valence-corrected chi connectivity index (χ3v) is 5.69. The lowest BCUT2D eigenvalue weighted by atomic mass is 9.80. The van der Waals surface area contributed by atoms with Gasteiger partial charge in [0.1, 0.15) is 11.6 Å². The van der Waals surface area contributed by atoms with Gasteiger partial charge >= 0.3 is 5.97 Å². The zero-order valence-electron chi connectivity index (χ0n) is 17.5. The van der Waals surface area contributed by atoms with E-state index in [1.54, 1.807) is 19.2 Å². The van der Waals surface area contributed by atoms with Crippen LogP contribution in [0.4, 0.5) is 4.39 Å². The van der Waals surface area contributed by atoms with Gasteiger partial charge in [-0.05, 0) is 68.0 Å². The molecule has 1 unspecified atom stereocenters. The van der Waals surface area contributed by atoms with E-state index in [1.165, 1.54) is 12.1 Å². The fourth-order valence-corrected chi connectivity index (χ4v) is 4.00. The average molecular weight is 400 g/mol. The topological polar surface area (TPSA) is 63.6 Å². The maximum absolute atomic E-state index is 13.5. The van der Waals surface area contributed by atoms with E-state index in [0.717, 1.165) is 59.1 Å². The summed E-state index contributed by atoms with van der Waals surface area (Å²) in [4.78, 5) is 22.5. The van der Waals surface area contributed by atoms with Crippen LogP contribution in [-0.2, 0) is 4.79 Å². The van der Waals surface area contributed by atoms with Gasteiger partial charge in [0.05, 0.1) is 7.11 Å². The Morgan fingerprint density at radius 3 is 2.28 bits per heavy atom. The molecule has 4 nitrogen and oxygen atoms in total. The third-order valence-electron chi connectivity index (χ3n) is 5.69. The van der Waals surface area contributed by atoms with Crippen molar-refractivity contribution >= 4 is 12.3 Å². The number of aliphatic carboxylic acids is 1. The molecular weight excluding hydrogens is 371 g/mol. The van der Waals surface area contributed by atoms with Gasteiger partial charge in [-0.2, -0.15) is 0 Å². The Bertz CT molecular complexity index is 872. The number of ether oxygens (including phenoxy) is 1. The molecule has 0 amide bonds. The lowest BCUT2D eigenvalue weighted by molar-refractivity contribution is -0.137. The molecule has 0 saturated heterocycles. The molecule has 0 fully saturated rings. The van der Waals surface area contributed by atoms with Crippen molar-refractivity contribution in [1.29, 1.82) is 0 Å². The standard InChI is InChI=1S/C24H29FO4/c1-15-16(2)24(29-4)23(17(3)21(15)14-26)20(8-6-5-7-9-22(27)28)18-10-12-19(25)13-11-18/h10-14,20H,5-9H2,1-4H3,(H,27,28). The number of hydrogen-bond acceptors (Lipinski definition) is 3. The van der Waals surface area contributed by atoms with Gasteiger partial charge in [-0.25, -0.2) is 4.39 Å². The molecule has 1 atom stereocenters. The highest BCUT2D eigenvalue weighted by Gasteiger charge is 2.25. The molecular formula is C24H29FO4. The Hall–Kier alpha value is -2.69. The maximum atomic E-state index is 13.5. The summed E-state index contributed by atoms with van der Waals surface area (Å²) in [5, 5.41) is 8.84. The molecule has 2 aromatic carbocycles. The zero-order chi connectivity index (χ0) is 21.6. The molecule has 0 saturated carbocycles. The number of benzene rings is 2. The SMILES string of the molecule is COc1c(C)c(C)c(C=O)c(C)c1C(CCCCCC(=O)O)c1ccc(F)cc1. The van der Waals surface area contributed by atoms with Gasteiger partial charge < -0.3 is 9.84 Å². The molecule has 0 radical (unpaired) electrons. The van der Waals surface area contributed by atoms with Crippen LogP contribution in [0.3, 0.4) is 0 Å². The number of rotatable bonds is 10. The lowest BCUT2D eigenvalue weighted by Gasteiger charge is -2.26. The van der Waals surface area contributed by atoms with E-state index in [9.17, 15) is 14.0 Å². The second-order valence-corrected chi connectivity index (χ2v) is 7.45. The van der Waals surface area contributed by atoms with Crippen LogP contribution in [0, 0.1) is 26.6 Å². The molecule has 0 aromatic heterocycles. The van der Waals surface area contributed by atoms with Crippen LogP contribution < -0.4 is 4.74 Å². The van der Waals surface area contributed by atoms with E-state index in [-0.39, 0.29) is 18.2 Å². The summed E-state index contributed by atoms with van der Waals surface area (Å²) >= 11 is 0. The molecule has 0 spiro atoms. The second-order valence-electron chi connectivity index (χ2n) is 7.45. The molecule has 5 heteroatoms. The highest BCUT2D eigenvalue weighted by atomic mass is 19.1. The minimum absolute atomic E-state index is 0.0756. The summed E-state index contributed by atoms with van der Waals surface area (Å²) < 4.78 is 19.3. The number of carboxylic acid groups (broad SMARTS) is 1. The first-order chi connectivity index (χ1) is 13.8. The Labute approximate surface area is 171 Å². The summed E-state index contributed by atoms with van der Waals surface area (Å²) in [6, 6.07) is 6.42. The first-order valence-corrected chi connectivity index (χ1v) is 9.91. The van der Waals surface area contributed by atoms with Gasteiger partial charge in [0, 0.05) is 23.5 Å². The molecule has 2 aromatic rings. The molecule has 1 N–H and O–H groups in total. The first kappa shape index (κ1) is 22.6. The number of methoxy groups -OCH3 is 1. The van der Waals surface area contributed by atoms with Crippen molar-refractivity contribution in [2.75, 3.05) is 7.11 Å². The smallest absolute Gasteiger partial charge is 0.303 e. The minimum Gasteiger partial charge on any atom is -0.496 e. The number of halogens is 1. The van der Waals surface area contributed by atoms with E-state index >= 15 is 0 Å². The number of carboxylic acids is 1. The van der Waals surface area contributed by atoms with Crippen LogP contribution in [0.1, 0.15) is 76.2 Å². The van der Waals surface area contributed by atoms with Crippen LogP contribution in [-0.4, -0.2) is 24.5 Å². The van der Waals surface area contributed by atoms with E-state index in [2.05, 4.69) is 0 Å². The molecule has 29 heavy (non-hydrogen) atoms. The Balaban J connectivity index is 2.50. The quantitative estimate of drug-likeness (QED) is 0.408. The predicted octanol–water partition coefficient (Wildman–Crippen LogP) is 5.74. The van der Waals surface area contributed by atoms with Gasteiger partial charge in [-0.3, -0.25) is 9.59 Å². The summed E-state index contributed by atoms with van der Waals surface area (Å²) in [7, 11) is 1.62. The average Bonchev–Trinajstić information content (AvgIpc) is 2.69. The third kappa shape index (κ3) is 5.22. The van der Waals surface area contributed by atoms with Crippen LogP contribution in [0.5, 0.6) is 5.75 Å². The van der Waals surface area contributed by atoms with E-state index in [0.29, 0.717) is 12.0 Å². The lowest BCUT2D eigenvalue weighted by Crippen LogP contribution is -2.11. The van der Waals surface area contributed by atoms with Crippen LogP contribution in [0.25, 0.3) is 0 Å². The van der Waals surface area contributed by atoms with E-state index in [4.69, 9.17) is 9.84 Å². The zero-order valence-corrected chi connectivity index (χ0v) is 17.5. The fraction of sp³-hybridized carbons (Fsp3) is 0.417. The Kier molecular flexibility index (Phi) is 7.94. The molecule has 0 heterocycles. The number of unbranched alkanes of at least 4 members (excludes halogenated alkanes) is 2. The number of carbonyl (C=O) groups is 2. The summed E-state index contributed by atoms with van der Waals surface area (Å²) in [5.41, 5.74) is 5.26. The normalized spacial score (nSPS) is 11.9. The van der Waals surface area contributed by atoms with E-state index in [1.807, 2.05) is 20.8 Å². The minimum atomic E-state index is -0.789. The van der Waals surface area contributed by atoms with Crippen molar-refractivity contribution in [2.45, 2.75) is 58.8 Å². The highest BCUT2D eigenvalue weighted by molar-refractivity contribution is 5.82. The van der Waals surface area contributed by atoms with Gasteiger partial charge in [-0.1, -0.05) is 25.0 Å². The summed E-state index contributed by atoms with van der Waals surface area (Å²) in [6.45, 7) is 5.78. The van der Waals surface area contributed by atoms with Crippen LogP contribution in [0.15, 0.2) is 24.3 Å². The molecule has 2 rings (SSSR count). The van der Waals surface area contributed by atoms with Crippen molar-refractivity contribution in [1.82, 2.24) is 0 Å². The van der Waals surface area contributed by atoms with Crippen molar-refractivity contribution in [3.05, 3.63) is 63.5 Å². The van der Waals surface area contributed by atoms with Crippen LogP contribution >= 0.6 is 0 Å². The van der Waals surface area contributed by atoms with Crippen molar-refractivity contribution < 1.29 is 23.8 Å². The molecule has 0 aliphatic carbocycles. The number of hydrogen-bond donors (Lipinski definition) is 1.